The Kier molecular flexibility index (Phi) is 6.97. The molecule has 7 heteroatoms. The van der Waals surface area contributed by atoms with Gasteiger partial charge in [-0.1, -0.05) is 24.3 Å². The number of nitrogens with one attached hydrogen (secondary N) is 1. The minimum atomic E-state index is -3.50. The van der Waals surface area contributed by atoms with Crippen molar-refractivity contribution < 1.29 is 17.9 Å². The van der Waals surface area contributed by atoms with Crippen LogP contribution >= 0.6 is 0 Å². The first-order valence-electron chi connectivity index (χ1n) is 9.94. The van der Waals surface area contributed by atoms with E-state index in [9.17, 15) is 13.2 Å². The Morgan fingerprint density at radius 1 is 0.968 bits per heavy atom. The Bertz CT molecular complexity index is 1140. The minimum absolute atomic E-state index is 0.225. The summed E-state index contributed by atoms with van der Waals surface area (Å²) in [6.45, 7) is 4.66. The van der Waals surface area contributed by atoms with E-state index in [1.165, 1.54) is 10.6 Å². The standard InChI is InChI=1S/C24H26N2O4S/c1-4-30-23-15-11-21(12-16-23)25-24(27)19-9-13-22(14-10-19)26(31(3,28)29)17-20-8-6-5-7-18(20)2/h5-16H,4,17H2,1-3H3,(H,25,27). The molecule has 0 fully saturated rings. The first kappa shape index (κ1) is 22.4. The van der Waals surface area contributed by atoms with Crippen molar-refractivity contribution in [2.24, 2.45) is 0 Å². The van der Waals surface area contributed by atoms with E-state index in [1.807, 2.05) is 38.1 Å². The molecule has 0 atom stereocenters. The highest BCUT2D eigenvalue weighted by atomic mass is 32.2. The highest BCUT2D eigenvalue weighted by Crippen LogP contribution is 2.23. The molecule has 0 spiro atoms. The number of carbonyl (C=O) groups is 1. The molecule has 3 aromatic rings. The summed E-state index contributed by atoms with van der Waals surface area (Å²) < 4.78 is 31.6. The maximum Gasteiger partial charge on any atom is 0.255 e. The van der Waals surface area contributed by atoms with Crippen molar-refractivity contribution in [3.63, 3.8) is 0 Å². The average Bonchev–Trinajstić information content (AvgIpc) is 2.74. The lowest BCUT2D eigenvalue weighted by molar-refractivity contribution is 0.102. The number of amides is 1. The van der Waals surface area contributed by atoms with Crippen molar-refractivity contribution >= 4 is 27.3 Å². The summed E-state index contributed by atoms with van der Waals surface area (Å²) in [5.74, 6) is 0.458. The van der Waals surface area contributed by atoms with Crippen LogP contribution in [0.1, 0.15) is 28.4 Å². The largest absolute Gasteiger partial charge is 0.494 e. The summed E-state index contributed by atoms with van der Waals surface area (Å²) in [6, 6.07) is 21.3. The molecule has 0 saturated carbocycles. The average molecular weight is 439 g/mol. The van der Waals surface area contributed by atoms with Crippen LogP contribution in [0, 0.1) is 6.92 Å². The van der Waals surface area contributed by atoms with Crippen molar-refractivity contribution in [3.8, 4) is 5.75 Å². The van der Waals surface area contributed by atoms with Gasteiger partial charge in [-0.25, -0.2) is 8.42 Å². The molecule has 0 heterocycles. The second-order valence-electron chi connectivity index (χ2n) is 7.15. The Morgan fingerprint density at radius 2 is 1.61 bits per heavy atom. The highest BCUT2D eigenvalue weighted by molar-refractivity contribution is 7.92. The summed E-state index contributed by atoms with van der Waals surface area (Å²) in [5.41, 5.74) is 3.52. The van der Waals surface area contributed by atoms with Gasteiger partial charge in [0, 0.05) is 11.3 Å². The predicted molar refractivity (Wildman–Crippen MR) is 124 cm³/mol. The van der Waals surface area contributed by atoms with Crippen LogP contribution in [-0.4, -0.2) is 27.2 Å². The van der Waals surface area contributed by atoms with Crippen LogP contribution in [0.15, 0.2) is 72.8 Å². The first-order valence-corrected chi connectivity index (χ1v) is 11.8. The number of anilines is 2. The maximum atomic E-state index is 12.6. The number of sulfonamides is 1. The normalized spacial score (nSPS) is 11.1. The number of hydrogen-bond donors (Lipinski definition) is 1. The third-order valence-corrected chi connectivity index (χ3v) is 5.96. The van der Waals surface area contributed by atoms with Crippen molar-refractivity contribution in [1.82, 2.24) is 0 Å². The summed E-state index contributed by atoms with van der Waals surface area (Å²) in [5, 5.41) is 2.83. The van der Waals surface area contributed by atoms with Gasteiger partial charge in [-0.15, -0.1) is 0 Å². The molecule has 0 aliphatic rings. The quantitative estimate of drug-likeness (QED) is 0.557. The lowest BCUT2D eigenvalue weighted by atomic mass is 10.1. The van der Waals surface area contributed by atoms with Crippen LogP contribution in [0.25, 0.3) is 0 Å². The molecular weight excluding hydrogens is 412 g/mol. The third kappa shape index (κ3) is 5.86. The second-order valence-corrected chi connectivity index (χ2v) is 9.06. The van der Waals surface area contributed by atoms with Gasteiger partial charge in [0.2, 0.25) is 10.0 Å². The molecule has 6 nitrogen and oxygen atoms in total. The van der Waals surface area contributed by atoms with E-state index in [2.05, 4.69) is 5.32 Å². The van der Waals surface area contributed by atoms with Crippen molar-refractivity contribution in [2.75, 3.05) is 22.5 Å². The second kappa shape index (κ2) is 9.66. The monoisotopic (exact) mass is 438 g/mol. The van der Waals surface area contributed by atoms with Gasteiger partial charge in [0.05, 0.1) is 25.1 Å². The van der Waals surface area contributed by atoms with Crippen molar-refractivity contribution in [2.45, 2.75) is 20.4 Å². The molecular formula is C24H26N2O4S. The Balaban J connectivity index is 1.76. The molecule has 0 radical (unpaired) electrons. The van der Waals surface area contributed by atoms with Gasteiger partial charge >= 0.3 is 0 Å². The molecule has 0 aliphatic heterocycles. The topological polar surface area (TPSA) is 75.7 Å². The molecule has 0 aliphatic carbocycles. The van der Waals surface area contributed by atoms with E-state index >= 15 is 0 Å². The molecule has 3 rings (SSSR count). The number of rotatable bonds is 8. The van der Waals surface area contributed by atoms with Gasteiger partial charge < -0.3 is 10.1 Å². The van der Waals surface area contributed by atoms with Crippen LogP contribution in [0.3, 0.4) is 0 Å². The van der Waals surface area contributed by atoms with E-state index in [1.54, 1.807) is 48.5 Å². The van der Waals surface area contributed by atoms with Gasteiger partial charge in [-0.2, -0.15) is 0 Å². The summed E-state index contributed by atoms with van der Waals surface area (Å²) in [6.07, 6.45) is 1.18. The molecule has 0 bridgehead atoms. The van der Waals surface area contributed by atoms with Crippen molar-refractivity contribution in [1.29, 1.82) is 0 Å². The molecule has 1 N–H and O–H groups in total. The lowest BCUT2D eigenvalue weighted by Crippen LogP contribution is -2.29. The van der Waals surface area contributed by atoms with Crippen LogP contribution in [0.5, 0.6) is 5.75 Å². The molecule has 3 aromatic carbocycles. The van der Waals surface area contributed by atoms with Crippen LogP contribution < -0.4 is 14.4 Å². The molecule has 0 unspecified atom stereocenters. The Labute approximate surface area is 183 Å². The van der Waals surface area contributed by atoms with E-state index in [0.29, 0.717) is 23.5 Å². The number of aryl methyl sites for hydroxylation is 1. The lowest BCUT2D eigenvalue weighted by Gasteiger charge is -2.23. The fourth-order valence-corrected chi connectivity index (χ4v) is 4.00. The molecule has 1 amide bonds. The zero-order valence-corrected chi connectivity index (χ0v) is 18.6. The minimum Gasteiger partial charge on any atom is -0.494 e. The number of carbonyl (C=O) groups excluding carboxylic acids is 1. The molecule has 31 heavy (non-hydrogen) atoms. The summed E-state index contributed by atoms with van der Waals surface area (Å²) in [4.78, 5) is 12.6. The van der Waals surface area contributed by atoms with Crippen LogP contribution in [-0.2, 0) is 16.6 Å². The molecule has 0 aromatic heterocycles. The number of hydrogen-bond acceptors (Lipinski definition) is 4. The summed E-state index contributed by atoms with van der Waals surface area (Å²) in [7, 11) is -3.50. The van der Waals surface area contributed by atoms with Crippen molar-refractivity contribution in [3.05, 3.63) is 89.5 Å². The Morgan fingerprint density at radius 3 is 2.19 bits per heavy atom. The van der Waals surface area contributed by atoms with E-state index < -0.39 is 10.0 Å². The fraction of sp³-hybridized carbons (Fsp3) is 0.208. The maximum absolute atomic E-state index is 12.6. The number of benzene rings is 3. The zero-order valence-electron chi connectivity index (χ0n) is 17.8. The SMILES string of the molecule is CCOc1ccc(NC(=O)c2ccc(N(Cc3ccccc3C)S(C)(=O)=O)cc2)cc1. The van der Waals surface area contributed by atoms with E-state index in [4.69, 9.17) is 4.74 Å². The van der Waals surface area contributed by atoms with E-state index in [-0.39, 0.29) is 12.5 Å². The first-order chi connectivity index (χ1) is 14.8. The third-order valence-electron chi connectivity index (χ3n) is 4.82. The van der Waals surface area contributed by atoms with Gasteiger partial charge in [0.25, 0.3) is 5.91 Å². The van der Waals surface area contributed by atoms with Gasteiger partial charge in [0.15, 0.2) is 0 Å². The fourth-order valence-electron chi connectivity index (χ4n) is 3.13. The summed E-state index contributed by atoms with van der Waals surface area (Å²) >= 11 is 0. The number of nitrogens with zero attached hydrogens (tertiary/aromatic N) is 1. The molecule has 0 saturated heterocycles. The highest BCUT2D eigenvalue weighted by Gasteiger charge is 2.19. The van der Waals surface area contributed by atoms with E-state index in [0.717, 1.165) is 16.9 Å². The van der Waals surface area contributed by atoms with Gasteiger partial charge in [-0.05, 0) is 73.5 Å². The molecule has 162 valence electrons. The van der Waals surface area contributed by atoms with Crippen LogP contribution in [0.2, 0.25) is 0 Å². The zero-order chi connectivity index (χ0) is 22.4. The smallest absolute Gasteiger partial charge is 0.255 e. The van der Waals surface area contributed by atoms with Crippen LogP contribution in [0.4, 0.5) is 11.4 Å². The predicted octanol–water partition coefficient (Wildman–Crippen LogP) is 4.61. The number of ether oxygens (including phenoxy) is 1. The van der Waals surface area contributed by atoms with Gasteiger partial charge in [0.1, 0.15) is 5.75 Å². The Hall–Kier alpha value is -3.32. The van der Waals surface area contributed by atoms with Gasteiger partial charge in [-0.3, -0.25) is 9.10 Å².